The van der Waals surface area contributed by atoms with E-state index in [9.17, 15) is 5.11 Å². The van der Waals surface area contributed by atoms with Crippen LogP contribution in [0.3, 0.4) is 0 Å². The summed E-state index contributed by atoms with van der Waals surface area (Å²) in [5, 5.41) is 10.1. The molecule has 1 saturated heterocycles. The van der Waals surface area contributed by atoms with E-state index in [2.05, 4.69) is 19.9 Å². The smallest absolute Gasteiger partial charge is 0.174 e. The van der Waals surface area contributed by atoms with Gasteiger partial charge in [-0.25, -0.2) is 0 Å². The van der Waals surface area contributed by atoms with Crippen LogP contribution in [0, 0.1) is 28.6 Å². The summed E-state index contributed by atoms with van der Waals surface area (Å²) in [4.78, 5) is 0. The van der Waals surface area contributed by atoms with Crippen LogP contribution in [0.1, 0.15) is 65.2 Å². The Hall–Kier alpha value is -0.380. The summed E-state index contributed by atoms with van der Waals surface area (Å²) in [6, 6.07) is 0. The Bertz CT molecular complexity index is 563. The standard InChI is InChI=1S/C21H32O3/c1-19-8-5-15(22)13-14(19)3-4-16-17(19)6-9-20(2)18(16)7-10-21(20)23-11-12-24-21/h3,15-18,22H,4-13H2,1-2H3/t15-,16+,17-,18-,19-,20-/m0/s1. The van der Waals surface area contributed by atoms with Crippen molar-refractivity contribution in [3.63, 3.8) is 0 Å². The molecule has 24 heavy (non-hydrogen) atoms. The molecule has 3 nitrogen and oxygen atoms in total. The minimum Gasteiger partial charge on any atom is -0.393 e. The van der Waals surface area contributed by atoms with Gasteiger partial charge in [-0.05, 0) is 68.1 Å². The first-order valence-electron chi connectivity index (χ1n) is 10.1. The third-order valence-electron chi connectivity index (χ3n) is 8.88. The highest BCUT2D eigenvalue weighted by molar-refractivity contribution is 5.26. The van der Waals surface area contributed by atoms with E-state index in [1.54, 1.807) is 5.57 Å². The minimum atomic E-state index is -0.281. The van der Waals surface area contributed by atoms with Gasteiger partial charge in [-0.15, -0.1) is 0 Å². The van der Waals surface area contributed by atoms with Gasteiger partial charge in [0.05, 0.1) is 19.3 Å². The molecule has 4 aliphatic carbocycles. The maximum atomic E-state index is 10.1. The van der Waals surface area contributed by atoms with E-state index in [0.717, 1.165) is 50.2 Å². The van der Waals surface area contributed by atoms with Gasteiger partial charge in [0.25, 0.3) is 0 Å². The second kappa shape index (κ2) is 5.08. The molecule has 3 saturated carbocycles. The zero-order chi connectivity index (χ0) is 16.6. The number of allylic oxidation sites excluding steroid dienone is 1. The van der Waals surface area contributed by atoms with E-state index in [1.165, 1.54) is 32.1 Å². The van der Waals surface area contributed by atoms with Crippen LogP contribution in [-0.2, 0) is 9.47 Å². The maximum Gasteiger partial charge on any atom is 0.174 e. The predicted molar refractivity (Wildman–Crippen MR) is 92.3 cm³/mol. The fraction of sp³-hybridized carbons (Fsp3) is 0.905. The quantitative estimate of drug-likeness (QED) is 0.680. The second-order valence-electron chi connectivity index (χ2n) is 9.60. The summed E-state index contributed by atoms with van der Waals surface area (Å²) in [5.74, 6) is 2.02. The molecule has 5 aliphatic rings. The summed E-state index contributed by atoms with van der Waals surface area (Å²) in [6.45, 7) is 6.50. The average Bonchev–Trinajstić information content (AvgIpc) is 3.15. The van der Waals surface area contributed by atoms with E-state index in [0.29, 0.717) is 5.41 Å². The van der Waals surface area contributed by atoms with Gasteiger partial charge in [0.15, 0.2) is 5.79 Å². The molecule has 6 atom stereocenters. The number of ether oxygens (including phenoxy) is 2. The number of hydrogen-bond acceptors (Lipinski definition) is 3. The van der Waals surface area contributed by atoms with Gasteiger partial charge >= 0.3 is 0 Å². The highest BCUT2D eigenvalue weighted by atomic mass is 16.7. The molecule has 0 unspecified atom stereocenters. The molecule has 4 fully saturated rings. The molecule has 0 radical (unpaired) electrons. The SMILES string of the molecule is C[C@]12CC[C@H](O)CC1=CC[C@@H]1[C@@H]2CC[C@@]2(C)[C@H]1CCC21OCCO1. The third-order valence-corrected chi connectivity index (χ3v) is 8.88. The zero-order valence-electron chi connectivity index (χ0n) is 15.2. The van der Waals surface area contributed by atoms with E-state index in [4.69, 9.17) is 9.47 Å². The molecule has 3 heteroatoms. The number of aliphatic hydroxyl groups excluding tert-OH is 1. The molecule has 1 spiro atoms. The van der Waals surface area contributed by atoms with Crippen molar-refractivity contribution in [1.29, 1.82) is 0 Å². The van der Waals surface area contributed by atoms with Gasteiger partial charge in [-0.2, -0.15) is 0 Å². The zero-order valence-corrected chi connectivity index (χ0v) is 15.2. The normalized spacial score (nSPS) is 52.5. The van der Waals surface area contributed by atoms with Crippen molar-refractivity contribution in [2.24, 2.45) is 28.6 Å². The second-order valence-corrected chi connectivity index (χ2v) is 9.60. The van der Waals surface area contributed by atoms with Crippen molar-refractivity contribution in [3.05, 3.63) is 11.6 Å². The van der Waals surface area contributed by atoms with Crippen molar-refractivity contribution < 1.29 is 14.6 Å². The van der Waals surface area contributed by atoms with Crippen LogP contribution in [-0.4, -0.2) is 30.2 Å². The molecule has 0 bridgehead atoms. The van der Waals surface area contributed by atoms with E-state index in [1.807, 2.05) is 0 Å². The minimum absolute atomic E-state index is 0.107. The van der Waals surface area contributed by atoms with Crippen LogP contribution in [0.15, 0.2) is 11.6 Å². The summed E-state index contributed by atoms with van der Waals surface area (Å²) < 4.78 is 12.5. The van der Waals surface area contributed by atoms with E-state index < -0.39 is 0 Å². The highest BCUT2D eigenvalue weighted by Gasteiger charge is 2.66. The van der Waals surface area contributed by atoms with Crippen molar-refractivity contribution in [2.45, 2.75) is 77.1 Å². The van der Waals surface area contributed by atoms with Crippen LogP contribution >= 0.6 is 0 Å². The molecule has 0 amide bonds. The third kappa shape index (κ3) is 1.84. The van der Waals surface area contributed by atoms with Crippen LogP contribution in [0.5, 0.6) is 0 Å². The molecule has 0 aromatic heterocycles. The summed E-state index contributed by atoms with van der Waals surface area (Å²) in [6.07, 6.45) is 11.6. The first-order valence-corrected chi connectivity index (χ1v) is 10.1. The number of hydrogen-bond donors (Lipinski definition) is 1. The van der Waals surface area contributed by atoms with E-state index in [-0.39, 0.29) is 17.3 Å². The van der Waals surface area contributed by atoms with Gasteiger partial charge in [0, 0.05) is 11.8 Å². The largest absolute Gasteiger partial charge is 0.393 e. The van der Waals surface area contributed by atoms with Gasteiger partial charge in [-0.1, -0.05) is 25.5 Å². The fourth-order valence-electron chi connectivity index (χ4n) is 7.53. The Morgan fingerprint density at radius 3 is 2.54 bits per heavy atom. The van der Waals surface area contributed by atoms with Crippen LogP contribution in [0.25, 0.3) is 0 Å². The van der Waals surface area contributed by atoms with Gasteiger partial charge in [0.1, 0.15) is 0 Å². The van der Waals surface area contributed by atoms with Crippen molar-refractivity contribution in [2.75, 3.05) is 13.2 Å². The molecule has 134 valence electrons. The van der Waals surface area contributed by atoms with Crippen molar-refractivity contribution >= 4 is 0 Å². The molecular formula is C21H32O3. The number of rotatable bonds is 0. The lowest BCUT2D eigenvalue weighted by molar-refractivity contribution is -0.242. The monoisotopic (exact) mass is 332 g/mol. The molecule has 0 aromatic rings. The molecule has 5 rings (SSSR count). The Morgan fingerprint density at radius 2 is 1.75 bits per heavy atom. The number of aliphatic hydroxyl groups is 1. The van der Waals surface area contributed by atoms with Gasteiger partial charge < -0.3 is 14.6 Å². The van der Waals surface area contributed by atoms with E-state index >= 15 is 0 Å². The van der Waals surface area contributed by atoms with Crippen molar-refractivity contribution in [1.82, 2.24) is 0 Å². The Labute approximate surface area is 145 Å². The maximum absolute atomic E-state index is 10.1. The molecule has 0 aromatic carbocycles. The summed E-state index contributed by atoms with van der Waals surface area (Å²) in [7, 11) is 0. The Balaban J connectivity index is 1.49. The lowest BCUT2D eigenvalue weighted by Crippen LogP contribution is -2.55. The van der Waals surface area contributed by atoms with Crippen LogP contribution < -0.4 is 0 Å². The first-order chi connectivity index (χ1) is 11.5. The average molecular weight is 332 g/mol. The Kier molecular flexibility index (Phi) is 3.35. The molecular weight excluding hydrogens is 300 g/mol. The number of fused-ring (bicyclic) bond motifs is 6. The van der Waals surface area contributed by atoms with Crippen LogP contribution in [0.4, 0.5) is 0 Å². The topological polar surface area (TPSA) is 38.7 Å². The lowest BCUT2D eigenvalue weighted by Gasteiger charge is -2.58. The molecule has 1 N–H and O–H groups in total. The Morgan fingerprint density at radius 1 is 1.00 bits per heavy atom. The molecule has 1 aliphatic heterocycles. The van der Waals surface area contributed by atoms with Gasteiger partial charge in [0.2, 0.25) is 0 Å². The molecule has 1 heterocycles. The van der Waals surface area contributed by atoms with Crippen molar-refractivity contribution in [3.8, 4) is 0 Å². The highest BCUT2D eigenvalue weighted by Crippen LogP contribution is 2.68. The fourth-order valence-corrected chi connectivity index (χ4v) is 7.53. The van der Waals surface area contributed by atoms with Crippen LogP contribution in [0.2, 0.25) is 0 Å². The predicted octanol–water partition coefficient (Wildman–Crippen LogP) is 4.05. The lowest BCUT2D eigenvalue weighted by atomic mass is 9.47. The van der Waals surface area contributed by atoms with Gasteiger partial charge in [-0.3, -0.25) is 0 Å². The first kappa shape index (κ1) is 15.8. The summed E-state index contributed by atoms with van der Waals surface area (Å²) in [5.41, 5.74) is 2.09. The summed E-state index contributed by atoms with van der Waals surface area (Å²) >= 11 is 0.